The Morgan fingerprint density at radius 3 is 3.20 bits per heavy atom. The molecule has 80 valence electrons. The lowest BCUT2D eigenvalue weighted by molar-refractivity contribution is -0.141. The molecule has 2 rings (SSSR count). The van der Waals surface area contributed by atoms with Crippen molar-refractivity contribution in [2.24, 2.45) is 0 Å². The molecule has 6 heteroatoms. The van der Waals surface area contributed by atoms with E-state index >= 15 is 0 Å². The summed E-state index contributed by atoms with van der Waals surface area (Å²) in [5.41, 5.74) is 0. The summed E-state index contributed by atoms with van der Waals surface area (Å²) in [6.45, 7) is 1.25. The van der Waals surface area contributed by atoms with Gasteiger partial charge in [0.2, 0.25) is 0 Å². The van der Waals surface area contributed by atoms with Gasteiger partial charge in [-0.25, -0.2) is 14.8 Å². The fraction of sp³-hybridized carbons (Fsp3) is 0.444. The molecule has 0 saturated carbocycles. The summed E-state index contributed by atoms with van der Waals surface area (Å²) in [7, 11) is 0. The van der Waals surface area contributed by atoms with Crippen molar-refractivity contribution < 1.29 is 14.6 Å². The largest absolute Gasteiger partial charge is 0.480 e. The lowest BCUT2D eigenvalue weighted by atomic mass is 10.2. The Kier molecular flexibility index (Phi) is 2.77. The molecular weight excluding hydrogens is 198 g/mol. The molecule has 1 aliphatic heterocycles. The number of anilines is 1. The van der Waals surface area contributed by atoms with E-state index in [1.807, 2.05) is 0 Å². The number of carbonyl (C=O) groups is 1. The van der Waals surface area contributed by atoms with E-state index in [9.17, 15) is 4.79 Å². The quantitative estimate of drug-likeness (QED) is 0.724. The van der Waals surface area contributed by atoms with Gasteiger partial charge in [-0.05, 0) is 6.07 Å². The van der Waals surface area contributed by atoms with Crippen LogP contribution >= 0.6 is 0 Å². The van der Waals surface area contributed by atoms with Gasteiger partial charge in [0.05, 0.1) is 13.2 Å². The molecule has 0 aromatic carbocycles. The van der Waals surface area contributed by atoms with Gasteiger partial charge in [-0.1, -0.05) is 0 Å². The maximum atomic E-state index is 11.0. The van der Waals surface area contributed by atoms with Crippen LogP contribution in [0.3, 0.4) is 0 Å². The van der Waals surface area contributed by atoms with Crippen LogP contribution in [-0.4, -0.2) is 46.8 Å². The van der Waals surface area contributed by atoms with Gasteiger partial charge in [-0.2, -0.15) is 0 Å². The minimum absolute atomic E-state index is 0.194. The number of carboxylic acids is 1. The van der Waals surface area contributed by atoms with Crippen molar-refractivity contribution in [1.29, 1.82) is 0 Å². The van der Waals surface area contributed by atoms with Gasteiger partial charge in [0, 0.05) is 12.7 Å². The molecule has 15 heavy (non-hydrogen) atoms. The second kappa shape index (κ2) is 4.22. The number of hydrogen-bond acceptors (Lipinski definition) is 5. The zero-order valence-corrected chi connectivity index (χ0v) is 8.04. The van der Waals surface area contributed by atoms with Crippen molar-refractivity contribution >= 4 is 11.8 Å². The van der Waals surface area contributed by atoms with Crippen LogP contribution in [0, 0.1) is 0 Å². The Bertz CT molecular complexity index is 344. The van der Waals surface area contributed by atoms with Crippen molar-refractivity contribution in [3.63, 3.8) is 0 Å². The van der Waals surface area contributed by atoms with Crippen molar-refractivity contribution in [2.75, 3.05) is 24.7 Å². The minimum Gasteiger partial charge on any atom is -0.480 e. The summed E-state index contributed by atoms with van der Waals surface area (Å²) in [5.74, 6) is -0.269. The Labute approximate surface area is 86.5 Å². The van der Waals surface area contributed by atoms with Crippen molar-refractivity contribution in [1.82, 2.24) is 9.97 Å². The second-order valence-electron chi connectivity index (χ2n) is 3.19. The highest BCUT2D eigenvalue weighted by atomic mass is 16.5. The molecule has 1 atom stereocenters. The van der Waals surface area contributed by atoms with Gasteiger partial charge < -0.3 is 14.7 Å². The SMILES string of the molecule is O=C(O)C1COCCN1c1ccncn1. The monoisotopic (exact) mass is 209 g/mol. The highest BCUT2D eigenvalue weighted by molar-refractivity contribution is 5.78. The normalized spacial score (nSPS) is 21.3. The number of aliphatic carboxylic acids is 1. The predicted molar refractivity (Wildman–Crippen MR) is 51.6 cm³/mol. The van der Waals surface area contributed by atoms with Crippen LogP contribution in [0.25, 0.3) is 0 Å². The molecule has 1 aromatic heterocycles. The van der Waals surface area contributed by atoms with Crippen LogP contribution in [0.1, 0.15) is 0 Å². The highest BCUT2D eigenvalue weighted by Crippen LogP contribution is 2.15. The van der Waals surface area contributed by atoms with E-state index in [0.717, 1.165) is 0 Å². The first kappa shape index (κ1) is 9.85. The standard InChI is InChI=1S/C9H11N3O3/c13-9(14)7-5-15-4-3-12(7)8-1-2-10-6-11-8/h1-2,6-7H,3-5H2,(H,13,14). The molecule has 0 radical (unpaired) electrons. The van der Waals surface area contributed by atoms with Gasteiger partial charge >= 0.3 is 5.97 Å². The van der Waals surface area contributed by atoms with Gasteiger partial charge in [-0.3, -0.25) is 0 Å². The lowest BCUT2D eigenvalue weighted by Crippen LogP contribution is -2.50. The summed E-state index contributed by atoms with van der Waals surface area (Å²) < 4.78 is 5.13. The molecule has 1 saturated heterocycles. The topological polar surface area (TPSA) is 75.6 Å². The number of hydrogen-bond donors (Lipinski definition) is 1. The number of nitrogens with zero attached hydrogens (tertiary/aromatic N) is 3. The Balaban J connectivity index is 2.22. The van der Waals surface area contributed by atoms with Crippen LogP contribution in [-0.2, 0) is 9.53 Å². The Morgan fingerprint density at radius 1 is 1.67 bits per heavy atom. The number of ether oxygens (including phenoxy) is 1. The molecule has 1 N–H and O–H groups in total. The van der Waals surface area contributed by atoms with Crippen LogP contribution < -0.4 is 4.90 Å². The van der Waals surface area contributed by atoms with Gasteiger partial charge in [0.1, 0.15) is 12.1 Å². The van der Waals surface area contributed by atoms with Crippen molar-refractivity contribution in [3.05, 3.63) is 18.6 Å². The molecule has 6 nitrogen and oxygen atoms in total. The summed E-state index contributed by atoms with van der Waals surface area (Å²) >= 11 is 0. The highest BCUT2D eigenvalue weighted by Gasteiger charge is 2.29. The summed E-state index contributed by atoms with van der Waals surface area (Å²) in [5, 5.41) is 9.00. The molecule has 0 aliphatic carbocycles. The lowest BCUT2D eigenvalue weighted by Gasteiger charge is -2.33. The smallest absolute Gasteiger partial charge is 0.328 e. The maximum absolute atomic E-state index is 11.0. The molecule has 1 unspecified atom stereocenters. The summed E-state index contributed by atoms with van der Waals surface area (Å²) in [4.78, 5) is 20.5. The average Bonchev–Trinajstić information content (AvgIpc) is 2.30. The maximum Gasteiger partial charge on any atom is 0.328 e. The molecule has 1 aliphatic rings. The molecule has 1 fully saturated rings. The number of carboxylic acid groups (broad SMARTS) is 1. The first-order valence-electron chi connectivity index (χ1n) is 4.62. The Morgan fingerprint density at radius 2 is 2.53 bits per heavy atom. The van der Waals surface area contributed by atoms with Crippen LogP contribution in [0.4, 0.5) is 5.82 Å². The molecule has 0 bridgehead atoms. The van der Waals surface area contributed by atoms with E-state index in [2.05, 4.69) is 9.97 Å². The zero-order chi connectivity index (χ0) is 10.7. The summed E-state index contributed by atoms with van der Waals surface area (Å²) in [6.07, 6.45) is 3.00. The fourth-order valence-electron chi connectivity index (χ4n) is 1.54. The van der Waals surface area contributed by atoms with E-state index < -0.39 is 12.0 Å². The molecule has 0 spiro atoms. The average molecular weight is 209 g/mol. The van der Waals surface area contributed by atoms with Crippen LogP contribution in [0.2, 0.25) is 0 Å². The molecule has 1 aromatic rings. The fourth-order valence-corrected chi connectivity index (χ4v) is 1.54. The zero-order valence-electron chi connectivity index (χ0n) is 8.04. The third kappa shape index (κ3) is 2.04. The first-order chi connectivity index (χ1) is 7.29. The number of aromatic nitrogens is 2. The second-order valence-corrected chi connectivity index (χ2v) is 3.19. The number of rotatable bonds is 2. The third-order valence-corrected chi connectivity index (χ3v) is 2.27. The molecule has 2 heterocycles. The summed E-state index contributed by atoms with van der Waals surface area (Å²) in [6, 6.07) is 1.04. The van der Waals surface area contributed by atoms with E-state index in [1.165, 1.54) is 6.33 Å². The van der Waals surface area contributed by atoms with Crippen molar-refractivity contribution in [3.8, 4) is 0 Å². The van der Waals surface area contributed by atoms with E-state index in [-0.39, 0.29) is 6.61 Å². The Hall–Kier alpha value is -1.69. The van der Waals surface area contributed by atoms with Gasteiger partial charge in [0.15, 0.2) is 6.04 Å². The van der Waals surface area contributed by atoms with Gasteiger partial charge in [-0.15, -0.1) is 0 Å². The van der Waals surface area contributed by atoms with E-state index in [1.54, 1.807) is 17.2 Å². The van der Waals surface area contributed by atoms with E-state index in [0.29, 0.717) is 19.0 Å². The predicted octanol–water partition coefficient (Wildman–Crippen LogP) is -0.234. The number of morpholine rings is 1. The first-order valence-corrected chi connectivity index (χ1v) is 4.62. The molecule has 0 amide bonds. The third-order valence-electron chi connectivity index (χ3n) is 2.27. The van der Waals surface area contributed by atoms with Crippen molar-refractivity contribution in [2.45, 2.75) is 6.04 Å². The van der Waals surface area contributed by atoms with Crippen LogP contribution in [0.5, 0.6) is 0 Å². The minimum atomic E-state index is -0.895. The van der Waals surface area contributed by atoms with Crippen LogP contribution in [0.15, 0.2) is 18.6 Å². The molecular formula is C9H11N3O3. The van der Waals surface area contributed by atoms with Gasteiger partial charge in [0.25, 0.3) is 0 Å². The van der Waals surface area contributed by atoms with E-state index in [4.69, 9.17) is 9.84 Å².